The van der Waals surface area contributed by atoms with Gasteiger partial charge in [-0.15, -0.1) is 0 Å². The number of Topliss-reactive ketones (excluding diaryl/α,β-unsaturated/α-hetero) is 1. The molecule has 4 rings (SSSR count). The number of imidazole rings is 1. The number of nitrogens with zero attached hydrogens (tertiary/aromatic N) is 4. The van der Waals surface area contributed by atoms with E-state index in [2.05, 4.69) is 19.9 Å². The molecule has 28 heavy (non-hydrogen) atoms. The van der Waals surface area contributed by atoms with E-state index in [1.54, 1.807) is 29.2 Å². The van der Waals surface area contributed by atoms with Crippen LogP contribution in [0.15, 0.2) is 30.6 Å². The monoisotopic (exact) mass is 409 g/mol. The first kappa shape index (κ1) is 18.7. The third kappa shape index (κ3) is 3.54. The normalized spacial score (nSPS) is 15.9. The average molecular weight is 410 g/mol. The number of anilines is 1. The van der Waals surface area contributed by atoms with Crippen LogP contribution < -0.4 is 4.90 Å². The molecule has 1 aliphatic heterocycles. The maximum atomic E-state index is 13.1. The molecule has 0 radical (unpaired) electrons. The summed E-state index contributed by atoms with van der Waals surface area (Å²) in [6.07, 6.45) is -2.34. The number of hydrogen-bond donors (Lipinski definition) is 1. The first-order valence-corrected chi connectivity index (χ1v) is 9.04. The lowest BCUT2D eigenvalue weighted by Crippen LogP contribution is -2.37. The number of aromatic nitrogens is 4. The van der Waals surface area contributed by atoms with Crippen LogP contribution in [-0.2, 0) is 6.18 Å². The Bertz CT molecular complexity index is 1010. The molecule has 6 nitrogen and oxygen atoms in total. The van der Waals surface area contributed by atoms with Crippen molar-refractivity contribution in [3.8, 4) is 0 Å². The molecule has 1 fully saturated rings. The van der Waals surface area contributed by atoms with Gasteiger partial charge in [0, 0.05) is 29.6 Å². The summed E-state index contributed by atoms with van der Waals surface area (Å²) in [6, 6.07) is 6.70. The number of H-pyrrole nitrogens is 1. The number of fused-ring (bicyclic) bond motifs is 1. The molecule has 0 saturated carbocycles. The molecule has 2 aromatic heterocycles. The molecule has 3 aromatic rings. The summed E-state index contributed by atoms with van der Waals surface area (Å²) < 4.78 is 39.4. The molecule has 1 aliphatic rings. The second kappa shape index (κ2) is 7.05. The van der Waals surface area contributed by atoms with Crippen molar-refractivity contribution in [2.24, 2.45) is 5.92 Å². The van der Waals surface area contributed by atoms with Gasteiger partial charge in [0.15, 0.2) is 17.2 Å². The quantitative estimate of drug-likeness (QED) is 0.658. The van der Waals surface area contributed by atoms with Crippen LogP contribution in [0.2, 0.25) is 5.02 Å². The molecular formula is C18H15ClF3N5O. The molecule has 0 bridgehead atoms. The first-order chi connectivity index (χ1) is 13.3. The number of nitrogens with one attached hydrogen (secondary N) is 1. The average Bonchev–Trinajstić information content (AvgIpc) is 3.15. The number of hydrogen-bond acceptors (Lipinski definition) is 5. The van der Waals surface area contributed by atoms with Gasteiger partial charge in [-0.25, -0.2) is 15.0 Å². The molecular weight excluding hydrogens is 395 g/mol. The first-order valence-electron chi connectivity index (χ1n) is 8.66. The number of piperidine rings is 1. The van der Waals surface area contributed by atoms with Gasteiger partial charge in [0.05, 0.1) is 6.33 Å². The summed E-state index contributed by atoms with van der Waals surface area (Å²) in [4.78, 5) is 28.2. The van der Waals surface area contributed by atoms with Gasteiger partial charge in [0.2, 0.25) is 5.82 Å². The highest BCUT2D eigenvalue weighted by atomic mass is 35.5. The predicted molar refractivity (Wildman–Crippen MR) is 97.4 cm³/mol. The van der Waals surface area contributed by atoms with E-state index in [9.17, 15) is 18.0 Å². The van der Waals surface area contributed by atoms with Gasteiger partial charge < -0.3 is 9.88 Å². The maximum Gasteiger partial charge on any atom is 0.451 e. The van der Waals surface area contributed by atoms with Gasteiger partial charge in [-0.2, -0.15) is 13.2 Å². The van der Waals surface area contributed by atoms with Gasteiger partial charge in [-0.1, -0.05) is 11.6 Å². The molecule has 3 heterocycles. The van der Waals surface area contributed by atoms with E-state index in [0.29, 0.717) is 42.0 Å². The van der Waals surface area contributed by atoms with Crippen LogP contribution in [0.5, 0.6) is 0 Å². The Morgan fingerprint density at radius 1 is 1.14 bits per heavy atom. The summed E-state index contributed by atoms with van der Waals surface area (Å²) in [5.41, 5.74) is 0.910. The predicted octanol–water partition coefficient (Wildman–Crippen LogP) is 4.12. The number of rotatable bonds is 3. The standard InChI is InChI=1S/C18H15ClF3N5O/c19-12-3-1-10(2-4-12)14(28)11-5-7-27(8-6-11)16-13-15(24-9-23-13)25-17(26-16)18(20,21)22/h1-4,9,11H,5-8H2,(H,23,24,25,26). The molecule has 0 unspecified atom stereocenters. The van der Waals surface area contributed by atoms with Crippen molar-refractivity contribution in [2.45, 2.75) is 19.0 Å². The molecule has 10 heteroatoms. The van der Waals surface area contributed by atoms with Crippen molar-refractivity contribution < 1.29 is 18.0 Å². The topological polar surface area (TPSA) is 74.8 Å². The number of ketones is 1. The number of carbonyl (C=O) groups excluding carboxylic acids is 1. The van der Waals surface area contributed by atoms with Crippen LogP contribution in [0.4, 0.5) is 19.0 Å². The third-order valence-corrected chi connectivity index (χ3v) is 5.07. The third-order valence-electron chi connectivity index (χ3n) is 4.81. The van der Waals surface area contributed by atoms with E-state index >= 15 is 0 Å². The maximum absolute atomic E-state index is 13.1. The summed E-state index contributed by atoms with van der Waals surface area (Å²) in [5.74, 6) is -1.24. The summed E-state index contributed by atoms with van der Waals surface area (Å²) >= 11 is 5.85. The highest BCUT2D eigenvalue weighted by Crippen LogP contribution is 2.32. The van der Waals surface area contributed by atoms with Crippen molar-refractivity contribution >= 4 is 34.4 Å². The number of benzene rings is 1. The van der Waals surface area contributed by atoms with Gasteiger partial charge in [0.1, 0.15) is 5.52 Å². The summed E-state index contributed by atoms with van der Waals surface area (Å²) in [7, 11) is 0. The molecule has 0 atom stereocenters. The number of halogens is 4. The van der Waals surface area contributed by atoms with Crippen molar-refractivity contribution in [1.82, 2.24) is 19.9 Å². The van der Waals surface area contributed by atoms with Gasteiger partial charge in [-0.3, -0.25) is 4.79 Å². The van der Waals surface area contributed by atoms with Crippen LogP contribution in [0, 0.1) is 5.92 Å². The molecule has 1 N–H and O–H groups in total. The molecule has 1 aromatic carbocycles. The lowest BCUT2D eigenvalue weighted by molar-refractivity contribution is -0.144. The van der Waals surface area contributed by atoms with Crippen molar-refractivity contribution in [2.75, 3.05) is 18.0 Å². The second-order valence-corrected chi connectivity index (χ2v) is 7.04. The molecule has 0 spiro atoms. The zero-order valence-corrected chi connectivity index (χ0v) is 15.3. The number of carbonyl (C=O) groups is 1. The number of aromatic amines is 1. The summed E-state index contributed by atoms with van der Waals surface area (Å²) in [5, 5.41) is 0.555. The van der Waals surface area contributed by atoms with Crippen molar-refractivity contribution in [3.05, 3.63) is 47.0 Å². The van der Waals surface area contributed by atoms with Gasteiger partial charge in [0.25, 0.3) is 0 Å². The van der Waals surface area contributed by atoms with E-state index < -0.39 is 12.0 Å². The van der Waals surface area contributed by atoms with E-state index in [1.165, 1.54) is 6.33 Å². The Balaban J connectivity index is 1.54. The van der Waals surface area contributed by atoms with Crippen LogP contribution in [0.25, 0.3) is 11.2 Å². The van der Waals surface area contributed by atoms with Gasteiger partial charge >= 0.3 is 6.18 Å². The molecule has 146 valence electrons. The van der Waals surface area contributed by atoms with Gasteiger partial charge in [-0.05, 0) is 37.1 Å². The SMILES string of the molecule is O=C(c1ccc(Cl)cc1)C1CCN(c2nc(C(F)(F)F)nc3nc[nH]c23)CC1. The van der Waals surface area contributed by atoms with E-state index in [0.717, 1.165) is 0 Å². The van der Waals surface area contributed by atoms with E-state index in [-0.39, 0.29) is 23.2 Å². The Morgan fingerprint density at radius 2 is 1.82 bits per heavy atom. The van der Waals surface area contributed by atoms with Crippen molar-refractivity contribution in [1.29, 1.82) is 0 Å². The largest absolute Gasteiger partial charge is 0.451 e. The van der Waals surface area contributed by atoms with Crippen LogP contribution in [-0.4, -0.2) is 38.8 Å². The Labute approximate surface area is 162 Å². The Hall–Kier alpha value is -2.68. The zero-order valence-electron chi connectivity index (χ0n) is 14.5. The second-order valence-electron chi connectivity index (χ2n) is 6.60. The highest BCUT2D eigenvalue weighted by Gasteiger charge is 2.37. The zero-order chi connectivity index (χ0) is 19.9. The minimum absolute atomic E-state index is 0.0154. The van der Waals surface area contributed by atoms with Crippen LogP contribution >= 0.6 is 11.6 Å². The Morgan fingerprint density at radius 3 is 2.46 bits per heavy atom. The van der Waals surface area contributed by atoms with E-state index in [4.69, 9.17) is 11.6 Å². The van der Waals surface area contributed by atoms with Crippen LogP contribution in [0.1, 0.15) is 29.0 Å². The van der Waals surface area contributed by atoms with Crippen molar-refractivity contribution in [3.63, 3.8) is 0 Å². The fourth-order valence-corrected chi connectivity index (χ4v) is 3.50. The molecule has 1 saturated heterocycles. The summed E-state index contributed by atoms with van der Waals surface area (Å²) in [6.45, 7) is 0.818. The minimum atomic E-state index is -4.66. The fraction of sp³-hybridized carbons (Fsp3) is 0.333. The highest BCUT2D eigenvalue weighted by molar-refractivity contribution is 6.30. The Kier molecular flexibility index (Phi) is 4.70. The smallest absolute Gasteiger partial charge is 0.355 e. The minimum Gasteiger partial charge on any atom is -0.355 e. The van der Waals surface area contributed by atoms with E-state index in [1.807, 2.05) is 0 Å². The van der Waals surface area contributed by atoms with Crippen LogP contribution in [0.3, 0.4) is 0 Å². The lowest BCUT2D eigenvalue weighted by Gasteiger charge is -2.32. The lowest BCUT2D eigenvalue weighted by atomic mass is 9.89. The number of alkyl halides is 3. The fourth-order valence-electron chi connectivity index (χ4n) is 3.38. The molecule has 0 amide bonds. The molecule has 0 aliphatic carbocycles.